The van der Waals surface area contributed by atoms with Crippen LogP contribution < -0.4 is 0 Å². The van der Waals surface area contributed by atoms with E-state index in [9.17, 15) is 0 Å². The summed E-state index contributed by atoms with van der Waals surface area (Å²) in [4.78, 5) is 9.15. The minimum Gasteiger partial charge on any atom is -0.345 e. The molecule has 1 rings (SSSR count). The quantitative estimate of drug-likeness (QED) is 0.345. The van der Waals surface area contributed by atoms with Gasteiger partial charge in [-0.3, -0.25) is 0 Å². The Hall–Kier alpha value is -0.790. The molecule has 1 aromatic rings. The molecule has 0 radical (unpaired) electrons. The van der Waals surface area contributed by atoms with Gasteiger partial charge in [0.25, 0.3) is 0 Å². The minimum atomic E-state index is 0.112. The van der Waals surface area contributed by atoms with E-state index in [1.54, 1.807) is 0 Å². The highest BCUT2D eigenvalue weighted by Crippen LogP contribution is 2.40. The molecule has 0 aliphatic carbocycles. The van der Waals surface area contributed by atoms with Crippen LogP contribution in [-0.4, -0.2) is 9.97 Å². The lowest BCUT2D eigenvalue weighted by Gasteiger charge is -2.30. The summed E-state index contributed by atoms with van der Waals surface area (Å²) in [5.41, 5.74) is 3.13. The van der Waals surface area contributed by atoms with E-state index in [0.29, 0.717) is 0 Å². The maximum atomic E-state index is 5.29. The third-order valence-electron chi connectivity index (χ3n) is 6.35. The van der Waals surface area contributed by atoms with Crippen molar-refractivity contribution in [3.05, 3.63) is 17.2 Å². The zero-order valence-corrected chi connectivity index (χ0v) is 20.0. The van der Waals surface area contributed by atoms with Crippen LogP contribution in [0.4, 0.5) is 0 Å². The Morgan fingerprint density at radius 2 is 1.15 bits per heavy atom. The second-order valence-electron chi connectivity index (χ2n) is 10.6. The van der Waals surface area contributed by atoms with Gasteiger partial charge in [0.1, 0.15) is 5.82 Å². The molecule has 0 saturated carbocycles. The maximum absolute atomic E-state index is 5.29. The van der Waals surface area contributed by atoms with E-state index in [1.165, 1.54) is 81.4 Å². The number of hydrogen-bond donors (Lipinski definition) is 1. The van der Waals surface area contributed by atoms with Gasteiger partial charge in [-0.05, 0) is 19.3 Å². The summed E-state index contributed by atoms with van der Waals surface area (Å²) in [6, 6.07) is 0. The van der Waals surface area contributed by atoms with Crippen LogP contribution in [0.3, 0.4) is 0 Å². The van der Waals surface area contributed by atoms with Gasteiger partial charge in [0.05, 0.1) is 5.69 Å². The van der Waals surface area contributed by atoms with Gasteiger partial charge in [0, 0.05) is 21.9 Å². The van der Waals surface area contributed by atoms with Crippen molar-refractivity contribution in [3.8, 4) is 0 Å². The lowest BCUT2D eigenvalue weighted by Crippen LogP contribution is -2.26. The molecule has 0 bridgehead atoms. The summed E-state index contributed by atoms with van der Waals surface area (Å²) in [7, 11) is 0. The highest BCUT2D eigenvalue weighted by Gasteiger charge is 2.36. The highest BCUT2D eigenvalue weighted by atomic mass is 15.0. The van der Waals surface area contributed by atoms with E-state index < -0.39 is 0 Å². The highest BCUT2D eigenvalue weighted by molar-refractivity contribution is 5.31. The lowest BCUT2D eigenvalue weighted by molar-refractivity contribution is 0.399. The number of H-pyrrole nitrogens is 1. The molecule has 0 atom stereocenters. The summed E-state index contributed by atoms with van der Waals surface area (Å²) >= 11 is 0. The van der Waals surface area contributed by atoms with E-state index >= 15 is 0 Å². The fraction of sp³-hybridized carbons (Fsp3) is 0.880. The number of rotatable bonds is 13. The number of nitrogens with zero attached hydrogens (tertiary/aromatic N) is 1. The maximum Gasteiger partial charge on any atom is 0.112 e. The Morgan fingerprint density at radius 1 is 0.630 bits per heavy atom. The van der Waals surface area contributed by atoms with Crippen LogP contribution in [0, 0.1) is 0 Å². The van der Waals surface area contributed by atoms with Crippen LogP contribution in [0.5, 0.6) is 0 Å². The summed E-state index contributed by atoms with van der Waals surface area (Å²) < 4.78 is 0. The smallest absolute Gasteiger partial charge is 0.112 e. The van der Waals surface area contributed by atoms with E-state index in [-0.39, 0.29) is 16.2 Å². The van der Waals surface area contributed by atoms with Crippen molar-refractivity contribution < 1.29 is 0 Å². The Labute approximate surface area is 170 Å². The minimum absolute atomic E-state index is 0.112. The molecule has 1 heterocycles. The van der Waals surface area contributed by atoms with Crippen LogP contribution in [0.2, 0.25) is 0 Å². The van der Waals surface area contributed by atoms with Crippen molar-refractivity contribution in [2.75, 3.05) is 0 Å². The number of aromatic nitrogens is 2. The van der Waals surface area contributed by atoms with Crippen LogP contribution in [0.25, 0.3) is 0 Å². The van der Waals surface area contributed by atoms with Gasteiger partial charge in [-0.2, -0.15) is 0 Å². The molecule has 0 aliphatic heterocycles. The molecule has 0 amide bonds. The molecule has 27 heavy (non-hydrogen) atoms. The summed E-state index contributed by atoms with van der Waals surface area (Å²) in [6.45, 7) is 21.2. The van der Waals surface area contributed by atoms with Gasteiger partial charge in [-0.25, -0.2) is 4.98 Å². The van der Waals surface area contributed by atoms with Crippen LogP contribution >= 0.6 is 0 Å². The number of imidazole rings is 1. The van der Waals surface area contributed by atoms with Crippen molar-refractivity contribution >= 4 is 0 Å². The van der Waals surface area contributed by atoms with Gasteiger partial charge in [0.2, 0.25) is 0 Å². The lowest BCUT2D eigenvalue weighted by atomic mass is 9.75. The Balaban J connectivity index is 3.30. The molecule has 0 spiro atoms. The molecule has 1 N–H and O–H groups in total. The fourth-order valence-electron chi connectivity index (χ4n) is 4.29. The normalized spacial score (nSPS) is 13.4. The van der Waals surface area contributed by atoms with Gasteiger partial charge in [-0.15, -0.1) is 0 Å². The molecule has 0 aliphatic rings. The first kappa shape index (κ1) is 24.2. The summed E-state index contributed by atoms with van der Waals surface area (Å²) in [6.07, 6.45) is 12.6. The van der Waals surface area contributed by atoms with Gasteiger partial charge in [0.15, 0.2) is 0 Å². The Kier molecular flexibility index (Phi) is 9.09. The molecule has 158 valence electrons. The van der Waals surface area contributed by atoms with Crippen LogP contribution in [0.1, 0.15) is 144 Å². The van der Waals surface area contributed by atoms with E-state index in [1.807, 2.05) is 0 Å². The molecule has 0 aromatic carbocycles. The van der Waals surface area contributed by atoms with Gasteiger partial charge >= 0.3 is 0 Å². The largest absolute Gasteiger partial charge is 0.345 e. The Bertz CT molecular complexity index is 509. The van der Waals surface area contributed by atoms with Crippen molar-refractivity contribution in [1.82, 2.24) is 9.97 Å². The second kappa shape index (κ2) is 10.1. The van der Waals surface area contributed by atoms with E-state index in [4.69, 9.17) is 4.98 Å². The first-order valence-electron chi connectivity index (χ1n) is 11.6. The predicted molar refractivity (Wildman–Crippen MR) is 121 cm³/mol. The first-order valence-corrected chi connectivity index (χ1v) is 11.6. The zero-order valence-electron chi connectivity index (χ0n) is 20.0. The van der Waals surface area contributed by atoms with E-state index in [0.717, 1.165) is 0 Å². The zero-order chi connectivity index (χ0) is 20.7. The van der Waals surface area contributed by atoms with Crippen molar-refractivity contribution in [2.24, 2.45) is 0 Å². The first-order chi connectivity index (χ1) is 12.5. The number of unbranched alkanes of at least 4 members (excludes halogenated alkanes) is 4. The number of nitrogens with one attached hydrogen (secondary N) is 1. The second-order valence-corrected chi connectivity index (χ2v) is 10.6. The number of aromatic amines is 1. The molecule has 0 unspecified atom stereocenters. The van der Waals surface area contributed by atoms with Crippen molar-refractivity contribution in [2.45, 2.75) is 143 Å². The fourth-order valence-corrected chi connectivity index (χ4v) is 4.29. The molecular formula is C25H48N2. The standard InChI is InChI=1S/C25H48N2/c1-10-13-15-18-23(4,5)20-21(24(6,7)19-16-14-11-2)27-22(26-20)25(8,9)17-12-3/h10-19H2,1-9H3,(H,26,27). The monoisotopic (exact) mass is 376 g/mol. The number of hydrogen-bond acceptors (Lipinski definition) is 1. The Morgan fingerprint density at radius 3 is 1.63 bits per heavy atom. The van der Waals surface area contributed by atoms with Crippen molar-refractivity contribution in [3.63, 3.8) is 0 Å². The molecule has 0 fully saturated rings. The molecular weight excluding hydrogens is 328 g/mol. The van der Waals surface area contributed by atoms with Gasteiger partial charge < -0.3 is 4.98 Å². The van der Waals surface area contributed by atoms with Crippen molar-refractivity contribution in [1.29, 1.82) is 0 Å². The molecule has 2 heteroatoms. The topological polar surface area (TPSA) is 28.7 Å². The van der Waals surface area contributed by atoms with E-state index in [2.05, 4.69) is 67.3 Å². The average Bonchev–Trinajstić information content (AvgIpc) is 3.03. The molecule has 2 nitrogen and oxygen atoms in total. The summed E-state index contributed by atoms with van der Waals surface area (Å²) in [5.74, 6) is 1.20. The van der Waals surface area contributed by atoms with Crippen LogP contribution in [-0.2, 0) is 16.2 Å². The predicted octanol–water partition coefficient (Wildman–Crippen LogP) is 8.20. The summed E-state index contributed by atoms with van der Waals surface area (Å²) in [5, 5.41) is 0. The third-order valence-corrected chi connectivity index (χ3v) is 6.35. The third kappa shape index (κ3) is 6.64. The average molecular weight is 377 g/mol. The SMILES string of the molecule is CCCCCC(C)(C)c1nc(C(C)(C)CCC)[nH]c1C(C)(C)CCCCC. The molecule has 1 aromatic heterocycles. The van der Waals surface area contributed by atoms with Crippen LogP contribution in [0.15, 0.2) is 0 Å². The molecule has 0 saturated heterocycles. The van der Waals surface area contributed by atoms with Gasteiger partial charge in [-0.1, -0.05) is 107 Å².